The number of allylic oxidation sites excluding steroid dienone is 2. The van der Waals surface area contributed by atoms with Crippen LogP contribution >= 0.6 is 0 Å². The normalized spacial score (nSPS) is 21.1. The van der Waals surface area contributed by atoms with E-state index in [2.05, 4.69) is 5.32 Å². The van der Waals surface area contributed by atoms with E-state index in [1.165, 1.54) is 0 Å². The Bertz CT molecular complexity index is 758. The van der Waals surface area contributed by atoms with Gasteiger partial charge in [0.1, 0.15) is 6.54 Å². The Balaban J connectivity index is 1.47. The standard InChI is InChI=1S/C20H22N2O5/c1-2-13-7-9-14(10-8-13)21-17(23)12-27-18(24)11-22-19(25)15-5-3-4-6-16(15)20(22)26/h3-4,7-10,15-16H,2,5-6,11-12H2,1H3,(H,21,23)/t15-,16-/m0/s1. The van der Waals surface area contributed by atoms with Crippen molar-refractivity contribution in [2.45, 2.75) is 26.2 Å². The summed E-state index contributed by atoms with van der Waals surface area (Å²) >= 11 is 0. The van der Waals surface area contributed by atoms with Crippen molar-refractivity contribution in [3.63, 3.8) is 0 Å². The van der Waals surface area contributed by atoms with Crippen LogP contribution in [0.1, 0.15) is 25.3 Å². The molecule has 1 saturated heterocycles. The average Bonchev–Trinajstić information content (AvgIpc) is 2.92. The zero-order chi connectivity index (χ0) is 19.4. The molecule has 0 saturated carbocycles. The lowest BCUT2D eigenvalue weighted by atomic mass is 9.85. The van der Waals surface area contributed by atoms with E-state index in [1.54, 1.807) is 12.1 Å². The Hall–Kier alpha value is -2.96. The Kier molecular flexibility index (Phi) is 5.69. The van der Waals surface area contributed by atoms with Gasteiger partial charge in [0.2, 0.25) is 11.8 Å². The molecule has 3 amide bonds. The van der Waals surface area contributed by atoms with Gasteiger partial charge in [0, 0.05) is 5.69 Å². The van der Waals surface area contributed by atoms with Crippen molar-refractivity contribution in [1.82, 2.24) is 4.90 Å². The minimum Gasteiger partial charge on any atom is -0.454 e. The van der Waals surface area contributed by atoms with Gasteiger partial charge >= 0.3 is 5.97 Å². The molecule has 1 aliphatic heterocycles. The summed E-state index contributed by atoms with van der Waals surface area (Å²) in [5.41, 5.74) is 1.75. The summed E-state index contributed by atoms with van der Waals surface area (Å²) in [5.74, 6) is -2.71. The Morgan fingerprint density at radius 1 is 1.07 bits per heavy atom. The Labute approximate surface area is 157 Å². The number of nitrogens with zero attached hydrogens (tertiary/aromatic N) is 1. The summed E-state index contributed by atoms with van der Waals surface area (Å²) in [5, 5.41) is 2.63. The largest absolute Gasteiger partial charge is 0.454 e. The SMILES string of the molecule is CCc1ccc(NC(=O)COC(=O)CN2C(=O)[C@H]3CC=CC[C@@H]3C2=O)cc1. The number of carbonyl (C=O) groups excluding carboxylic acids is 4. The fourth-order valence-electron chi connectivity index (χ4n) is 3.37. The van der Waals surface area contributed by atoms with Crippen molar-refractivity contribution in [2.75, 3.05) is 18.5 Å². The van der Waals surface area contributed by atoms with Crippen LogP contribution in [-0.4, -0.2) is 41.7 Å². The topological polar surface area (TPSA) is 92.8 Å². The molecular formula is C20H22N2O5. The number of amides is 3. The molecule has 1 aromatic carbocycles. The van der Waals surface area contributed by atoms with E-state index in [0.29, 0.717) is 18.5 Å². The fourth-order valence-corrected chi connectivity index (χ4v) is 3.37. The van der Waals surface area contributed by atoms with Crippen molar-refractivity contribution in [3.8, 4) is 0 Å². The molecule has 3 rings (SSSR count). The van der Waals surface area contributed by atoms with Crippen LogP contribution in [0.4, 0.5) is 5.69 Å². The number of imide groups is 1. The summed E-state index contributed by atoms with van der Waals surface area (Å²) in [6.07, 6.45) is 5.69. The number of anilines is 1. The number of carbonyl (C=O) groups is 4. The number of rotatable bonds is 6. The van der Waals surface area contributed by atoms with Crippen LogP contribution in [0.5, 0.6) is 0 Å². The van der Waals surface area contributed by atoms with Gasteiger partial charge in [0.25, 0.3) is 5.91 Å². The minimum atomic E-state index is -0.778. The highest BCUT2D eigenvalue weighted by Crippen LogP contribution is 2.34. The first-order valence-electron chi connectivity index (χ1n) is 9.04. The molecule has 7 nitrogen and oxygen atoms in total. The monoisotopic (exact) mass is 370 g/mol. The molecule has 27 heavy (non-hydrogen) atoms. The van der Waals surface area contributed by atoms with Crippen molar-refractivity contribution in [1.29, 1.82) is 0 Å². The molecule has 0 unspecified atom stereocenters. The molecular weight excluding hydrogens is 348 g/mol. The molecule has 1 N–H and O–H groups in total. The van der Waals surface area contributed by atoms with Gasteiger partial charge in [0.15, 0.2) is 6.61 Å². The first-order valence-corrected chi connectivity index (χ1v) is 9.04. The average molecular weight is 370 g/mol. The van der Waals surface area contributed by atoms with E-state index in [4.69, 9.17) is 4.74 Å². The molecule has 1 aromatic rings. The van der Waals surface area contributed by atoms with Gasteiger partial charge in [-0.2, -0.15) is 0 Å². The summed E-state index contributed by atoms with van der Waals surface area (Å²) < 4.78 is 4.92. The number of benzene rings is 1. The molecule has 0 radical (unpaired) electrons. The number of aryl methyl sites for hydroxylation is 1. The molecule has 1 aliphatic carbocycles. The predicted octanol–water partition coefficient (Wildman–Crippen LogP) is 1.68. The van der Waals surface area contributed by atoms with Crippen LogP contribution < -0.4 is 5.32 Å². The third-order valence-electron chi connectivity index (χ3n) is 4.90. The summed E-state index contributed by atoms with van der Waals surface area (Å²) in [4.78, 5) is 49.4. The van der Waals surface area contributed by atoms with Crippen LogP contribution in [0.2, 0.25) is 0 Å². The van der Waals surface area contributed by atoms with Crippen LogP contribution in [0.25, 0.3) is 0 Å². The maximum absolute atomic E-state index is 12.3. The summed E-state index contributed by atoms with van der Waals surface area (Å²) in [6.45, 7) is 1.11. The zero-order valence-corrected chi connectivity index (χ0v) is 15.1. The van der Waals surface area contributed by atoms with Gasteiger partial charge in [-0.15, -0.1) is 0 Å². The van der Waals surface area contributed by atoms with Gasteiger partial charge in [0.05, 0.1) is 11.8 Å². The van der Waals surface area contributed by atoms with E-state index in [-0.39, 0.29) is 23.7 Å². The maximum Gasteiger partial charge on any atom is 0.326 e. The van der Waals surface area contributed by atoms with E-state index in [1.807, 2.05) is 31.2 Å². The maximum atomic E-state index is 12.3. The van der Waals surface area contributed by atoms with E-state index in [9.17, 15) is 19.2 Å². The molecule has 1 fully saturated rings. The molecule has 1 heterocycles. The zero-order valence-electron chi connectivity index (χ0n) is 15.1. The number of hydrogen-bond acceptors (Lipinski definition) is 5. The van der Waals surface area contributed by atoms with Crippen molar-refractivity contribution >= 4 is 29.4 Å². The highest BCUT2D eigenvalue weighted by molar-refractivity contribution is 6.07. The molecule has 7 heteroatoms. The number of ether oxygens (including phenoxy) is 1. The second kappa shape index (κ2) is 8.16. The highest BCUT2D eigenvalue weighted by Gasteiger charge is 2.47. The van der Waals surface area contributed by atoms with Gasteiger partial charge in [-0.05, 0) is 37.0 Å². The van der Waals surface area contributed by atoms with E-state index >= 15 is 0 Å². The third-order valence-corrected chi connectivity index (χ3v) is 4.90. The fraction of sp³-hybridized carbons (Fsp3) is 0.400. The number of likely N-dealkylation sites (tertiary alicyclic amines) is 1. The molecule has 142 valence electrons. The molecule has 0 spiro atoms. The second-order valence-corrected chi connectivity index (χ2v) is 6.68. The predicted molar refractivity (Wildman–Crippen MR) is 97.5 cm³/mol. The molecule has 2 aliphatic rings. The minimum absolute atomic E-state index is 0.341. The van der Waals surface area contributed by atoms with Crippen LogP contribution in [0, 0.1) is 11.8 Å². The highest BCUT2D eigenvalue weighted by atomic mass is 16.5. The van der Waals surface area contributed by atoms with Crippen molar-refractivity contribution < 1.29 is 23.9 Å². The van der Waals surface area contributed by atoms with E-state index < -0.39 is 25.0 Å². The summed E-state index contributed by atoms with van der Waals surface area (Å²) in [6, 6.07) is 7.35. The van der Waals surface area contributed by atoms with Gasteiger partial charge < -0.3 is 10.1 Å². The third kappa shape index (κ3) is 4.24. The lowest BCUT2D eigenvalue weighted by Crippen LogP contribution is -2.37. The number of nitrogens with one attached hydrogen (secondary N) is 1. The Morgan fingerprint density at radius 2 is 1.67 bits per heavy atom. The lowest BCUT2D eigenvalue weighted by Gasteiger charge is -2.14. The molecule has 2 atom stereocenters. The first-order chi connectivity index (χ1) is 13.0. The number of hydrogen-bond donors (Lipinski definition) is 1. The van der Waals surface area contributed by atoms with Crippen molar-refractivity contribution in [2.24, 2.45) is 11.8 Å². The second-order valence-electron chi connectivity index (χ2n) is 6.68. The molecule has 0 aromatic heterocycles. The smallest absolute Gasteiger partial charge is 0.326 e. The van der Waals surface area contributed by atoms with Gasteiger partial charge in [-0.25, -0.2) is 0 Å². The van der Waals surface area contributed by atoms with Gasteiger partial charge in [-0.1, -0.05) is 31.2 Å². The van der Waals surface area contributed by atoms with Crippen LogP contribution in [0.15, 0.2) is 36.4 Å². The first kappa shape index (κ1) is 18.8. The van der Waals surface area contributed by atoms with E-state index in [0.717, 1.165) is 16.9 Å². The van der Waals surface area contributed by atoms with Crippen LogP contribution in [0.3, 0.4) is 0 Å². The quantitative estimate of drug-likeness (QED) is 0.467. The number of fused-ring (bicyclic) bond motifs is 1. The van der Waals surface area contributed by atoms with Crippen LogP contribution in [-0.2, 0) is 30.3 Å². The molecule has 0 bridgehead atoms. The number of esters is 1. The Morgan fingerprint density at radius 3 is 2.22 bits per heavy atom. The van der Waals surface area contributed by atoms with Gasteiger partial charge in [-0.3, -0.25) is 24.1 Å². The van der Waals surface area contributed by atoms with Crippen molar-refractivity contribution in [3.05, 3.63) is 42.0 Å². The lowest BCUT2D eigenvalue weighted by molar-refractivity contribution is -0.154. The summed E-state index contributed by atoms with van der Waals surface area (Å²) in [7, 11) is 0.